The van der Waals surface area contributed by atoms with Gasteiger partial charge in [-0.05, 0) is 13.3 Å². The third-order valence-electron chi connectivity index (χ3n) is 1.01. The van der Waals surface area contributed by atoms with Crippen molar-refractivity contribution < 1.29 is 9.53 Å². The second kappa shape index (κ2) is 9.95. The number of carbonyl (C=O) groups excluding carboxylic acids is 1. The highest BCUT2D eigenvalue weighted by Gasteiger charge is 1.83. The number of hydrogen-bond donors (Lipinski definition) is 0. The van der Waals surface area contributed by atoms with Crippen LogP contribution < -0.4 is 0 Å². The Balaban J connectivity index is 0. The Kier molecular flexibility index (Phi) is 11.2. The highest BCUT2D eigenvalue weighted by Crippen LogP contribution is 1.88. The molecule has 0 aromatic heterocycles. The number of rotatable bonds is 3. The largest absolute Gasteiger partial charge is 0.462 e. The SMILES string of the molecule is C=C(C)CC.C=CCOC(C)=O. The number of esters is 1. The molecule has 0 amide bonds. The van der Waals surface area contributed by atoms with Crippen molar-refractivity contribution in [3.05, 3.63) is 24.8 Å². The zero-order valence-corrected chi connectivity index (χ0v) is 8.22. The minimum absolute atomic E-state index is 0.264. The summed E-state index contributed by atoms with van der Waals surface area (Å²) in [6.07, 6.45) is 2.64. The Hall–Kier alpha value is -1.05. The minimum Gasteiger partial charge on any atom is -0.462 e. The maximum atomic E-state index is 9.93. The van der Waals surface area contributed by atoms with Crippen molar-refractivity contribution in [1.29, 1.82) is 0 Å². The van der Waals surface area contributed by atoms with Gasteiger partial charge in [0.25, 0.3) is 0 Å². The smallest absolute Gasteiger partial charge is 0.302 e. The molecule has 0 aromatic carbocycles. The van der Waals surface area contributed by atoms with Crippen molar-refractivity contribution in [2.24, 2.45) is 0 Å². The second-order valence-electron chi connectivity index (χ2n) is 2.40. The lowest BCUT2D eigenvalue weighted by molar-refractivity contribution is -0.139. The maximum absolute atomic E-state index is 9.93. The van der Waals surface area contributed by atoms with Crippen LogP contribution in [0.1, 0.15) is 27.2 Å². The molecule has 0 rings (SSSR count). The molecule has 0 bridgehead atoms. The molecule has 12 heavy (non-hydrogen) atoms. The summed E-state index contributed by atoms with van der Waals surface area (Å²) in [4.78, 5) is 9.93. The fourth-order valence-electron chi connectivity index (χ4n) is 0.176. The molecular weight excluding hydrogens is 152 g/mol. The van der Waals surface area contributed by atoms with E-state index in [1.54, 1.807) is 0 Å². The second-order valence-corrected chi connectivity index (χ2v) is 2.40. The first-order valence-electron chi connectivity index (χ1n) is 3.93. The van der Waals surface area contributed by atoms with Gasteiger partial charge in [-0.3, -0.25) is 4.79 Å². The fourth-order valence-corrected chi connectivity index (χ4v) is 0.176. The minimum atomic E-state index is -0.264. The molecule has 0 N–H and O–H groups in total. The lowest BCUT2D eigenvalue weighted by Gasteiger charge is -1.90. The average Bonchev–Trinajstić information content (AvgIpc) is 2.02. The van der Waals surface area contributed by atoms with Gasteiger partial charge in [-0.15, -0.1) is 6.58 Å². The highest BCUT2D eigenvalue weighted by atomic mass is 16.5. The van der Waals surface area contributed by atoms with Crippen molar-refractivity contribution in [1.82, 2.24) is 0 Å². The Morgan fingerprint density at radius 2 is 1.92 bits per heavy atom. The summed E-state index contributed by atoms with van der Waals surface area (Å²) in [6, 6.07) is 0. The van der Waals surface area contributed by atoms with E-state index in [4.69, 9.17) is 0 Å². The van der Waals surface area contributed by atoms with E-state index in [1.807, 2.05) is 6.92 Å². The third kappa shape index (κ3) is 23.1. The van der Waals surface area contributed by atoms with E-state index in [1.165, 1.54) is 18.6 Å². The van der Waals surface area contributed by atoms with E-state index < -0.39 is 0 Å². The molecule has 70 valence electrons. The van der Waals surface area contributed by atoms with Crippen LogP contribution in [0.15, 0.2) is 24.8 Å². The molecule has 0 aliphatic rings. The van der Waals surface area contributed by atoms with Gasteiger partial charge in [0.15, 0.2) is 0 Å². The van der Waals surface area contributed by atoms with Gasteiger partial charge in [0.05, 0.1) is 0 Å². The van der Waals surface area contributed by atoms with Gasteiger partial charge in [-0.1, -0.05) is 25.2 Å². The van der Waals surface area contributed by atoms with Gasteiger partial charge in [-0.25, -0.2) is 0 Å². The van der Waals surface area contributed by atoms with E-state index in [0.717, 1.165) is 6.42 Å². The van der Waals surface area contributed by atoms with Gasteiger partial charge < -0.3 is 4.74 Å². The van der Waals surface area contributed by atoms with Crippen LogP contribution in [0.25, 0.3) is 0 Å². The van der Waals surface area contributed by atoms with E-state index >= 15 is 0 Å². The van der Waals surface area contributed by atoms with Gasteiger partial charge in [0.1, 0.15) is 6.61 Å². The summed E-state index contributed by atoms with van der Waals surface area (Å²) >= 11 is 0. The molecule has 0 heterocycles. The Morgan fingerprint density at radius 3 is 2.00 bits per heavy atom. The summed E-state index contributed by atoms with van der Waals surface area (Å²) in [5.74, 6) is -0.264. The van der Waals surface area contributed by atoms with Crippen LogP contribution >= 0.6 is 0 Å². The Morgan fingerprint density at radius 1 is 1.50 bits per heavy atom. The summed E-state index contributed by atoms with van der Waals surface area (Å²) in [5, 5.41) is 0. The summed E-state index contributed by atoms with van der Waals surface area (Å²) in [5.41, 5.74) is 1.25. The standard InChI is InChI=1S/C5H8O2.C5H10/c1-3-4-7-5(2)6;1-4-5(2)3/h3H,1,4H2,2H3;2,4H2,1,3H3. The number of allylic oxidation sites excluding steroid dienone is 1. The van der Waals surface area contributed by atoms with Crippen molar-refractivity contribution in [3.63, 3.8) is 0 Å². The summed E-state index contributed by atoms with van der Waals surface area (Å²) in [7, 11) is 0. The molecule has 2 nitrogen and oxygen atoms in total. The first-order valence-corrected chi connectivity index (χ1v) is 3.93. The molecule has 0 radical (unpaired) electrons. The van der Waals surface area contributed by atoms with Gasteiger partial charge in [-0.2, -0.15) is 0 Å². The number of ether oxygens (including phenoxy) is 1. The molecule has 0 aromatic rings. The summed E-state index contributed by atoms with van der Waals surface area (Å²) < 4.78 is 4.43. The van der Waals surface area contributed by atoms with Crippen LogP contribution in [-0.4, -0.2) is 12.6 Å². The quantitative estimate of drug-likeness (QED) is 0.481. The molecule has 0 spiro atoms. The third-order valence-corrected chi connectivity index (χ3v) is 1.01. The van der Waals surface area contributed by atoms with Crippen molar-refractivity contribution in [2.45, 2.75) is 27.2 Å². The van der Waals surface area contributed by atoms with E-state index in [-0.39, 0.29) is 5.97 Å². The molecular formula is C10H18O2. The van der Waals surface area contributed by atoms with Crippen molar-refractivity contribution in [2.75, 3.05) is 6.61 Å². The first-order chi connectivity index (χ1) is 5.54. The van der Waals surface area contributed by atoms with Crippen LogP contribution in [0.5, 0.6) is 0 Å². The number of carbonyl (C=O) groups is 1. The number of hydrogen-bond acceptors (Lipinski definition) is 2. The monoisotopic (exact) mass is 170 g/mol. The van der Waals surface area contributed by atoms with Crippen molar-refractivity contribution >= 4 is 5.97 Å². The topological polar surface area (TPSA) is 26.3 Å². The Labute approximate surface area is 74.9 Å². The van der Waals surface area contributed by atoms with E-state index in [2.05, 4.69) is 24.8 Å². The Bertz CT molecular complexity index is 148. The van der Waals surface area contributed by atoms with Crippen molar-refractivity contribution in [3.8, 4) is 0 Å². The van der Waals surface area contributed by atoms with Crippen LogP contribution in [0.2, 0.25) is 0 Å². The normalized spacial score (nSPS) is 7.58. The lowest BCUT2D eigenvalue weighted by Crippen LogP contribution is -1.96. The molecule has 2 heteroatoms. The van der Waals surface area contributed by atoms with Gasteiger partial charge >= 0.3 is 5.97 Å². The maximum Gasteiger partial charge on any atom is 0.302 e. The van der Waals surface area contributed by atoms with Crippen LogP contribution in [0, 0.1) is 0 Å². The highest BCUT2D eigenvalue weighted by molar-refractivity contribution is 5.65. The molecule has 0 saturated carbocycles. The molecule has 0 aliphatic carbocycles. The predicted molar refractivity (Wildman–Crippen MR) is 51.9 cm³/mol. The van der Waals surface area contributed by atoms with E-state index in [9.17, 15) is 4.79 Å². The predicted octanol–water partition coefficient (Wildman–Crippen LogP) is 2.71. The van der Waals surface area contributed by atoms with Crippen LogP contribution in [0.3, 0.4) is 0 Å². The molecule has 0 atom stereocenters. The van der Waals surface area contributed by atoms with E-state index in [0.29, 0.717) is 6.61 Å². The molecule has 0 saturated heterocycles. The van der Waals surface area contributed by atoms with Gasteiger partial charge in [0, 0.05) is 6.92 Å². The average molecular weight is 170 g/mol. The zero-order valence-electron chi connectivity index (χ0n) is 8.22. The molecule has 0 fully saturated rings. The fraction of sp³-hybridized carbons (Fsp3) is 0.500. The van der Waals surface area contributed by atoms with Crippen LogP contribution in [-0.2, 0) is 9.53 Å². The first kappa shape index (κ1) is 13.5. The lowest BCUT2D eigenvalue weighted by atomic mass is 10.3. The summed E-state index contributed by atoms with van der Waals surface area (Å²) in [6.45, 7) is 12.8. The zero-order chi connectivity index (χ0) is 9.98. The van der Waals surface area contributed by atoms with Gasteiger partial charge in [0.2, 0.25) is 0 Å². The molecule has 0 unspecified atom stereocenters. The van der Waals surface area contributed by atoms with Crippen LogP contribution in [0.4, 0.5) is 0 Å². The molecule has 0 aliphatic heterocycles.